The van der Waals surface area contributed by atoms with Gasteiger partial charge in [-0.1, -0.05) is 81.3 Å². The molecule has 2 aromatic rings. The number of allylic oxidation sites excluding steroid dienone is 3. The van der Waals surface area contributed by atoms with E-state index in [4.69, 9.17) is 0 Å². The summed E-state index contributed by atoms with van der Waals surface area (Å²) < 4.78 is 0. The topological polar surface area (TPSA) is 3.24 Å². The summed E-state index contributed by atoms with van der Waals surface area (Å²) in [7, 11) is 0. The Morgan fingerprint density at radius 3 is 2.36 bits per heavy atom. The van der Waals surface area contributed by atoms with E-state index in [1.807, 2.05) is 0 Å². The third-order valence-corrected chi connectivity index (χ3v) is 5.83. The lowest BCUT2D eigenvalue weighted by Crippen LogP contribution is -2.23. The molecule has 0 unspecified atom stereocenters. The van der Waals surface area contributed by atoms with Gasteiger partial charge in [0.15, 0.2) is 0 Å². The van der Waals surface area contributed by atoms with Crippen molar-refractivity contribution in [3.05, 3.63) is 94.5 Å². The maximum atomic E-state index is 3.15. The van der Waals surface area contributed by atoms with E-state index in [1.165, 1.54) is 65.9 Å². The van der Waals surface area contributed by atoms with Gasteiger partial charge in [-0.15, -0.1) is 0 Å². The van der Waals surface area contributed by atoms with Gasteiger partial charge >= 0.3 is 0 Å². The van der Waals surface area contributed by atoms with Crippen LogP contribution in [0.3, 0.4) is 0 Å². The van der Waals surface area contributed by atoms with E-state index in [9.17, 15) is 0 Å². The first kappa shape index (κ1) is 18.6. The van der Waals surface area contributed by atoms with Crippen molar-refractivity contribution in [2.24, 2.45) is 5.92 Å². The summed E-state index contributed by atoms with van der Waals surface area (Å²) >= 11 is 0. The molecule has 0 aromatic heterocycles. The molecule has 2 aromatic carbocycles. The largest absolute Gasteiger partial charge is 0.309 e. The molecule has 0 amide bonds. The van der Waals surface area contributed by atoms with Gasteiger partial charge in [-0.05, 0) is 53.3 Å². The lowest BCUT2D eigenvalue weighted by atomic mass is 9.90. The fraction of sp³-hybridized carbons (Fsp3) is 0.333. The fourth-order valence-electron chi connectivity index (χ4n) is 4.53. The monoisotopic (exact) mass is 367 g/mol. The maximum Gasteiger partial charge on any atom is 0.0587 e. The molecule has 0 fully saturated rings. The second-order valence-corrected chi connectivity index (χ2v) is 7.94. The Morgan fingerprint density at radius 2 is 1.61 bits per heavy atom. The van der Waals surface area contributed by atoms with Crippen LogP contribution in [0.5, 0.6) is 0 Å². The van der Waals surface area contributed by atoms with Crippen molar-refractivity contribution in [1.82, 2.24) is 0 Å². The highest BCUT2D eigenvalue weighted by Crippen LogP contribution is 2.40. The van der Waals surface area contributed by atoms with E-state index in [1.54, 1.807) is 0 Å². The zero-order valence-corrected chi connectivity index (χ0v) is 17.0. The quantitative estimate of drug-likeness (QED) is 0.465. The average Bonchev–Trinajstić information content (AvgIpc) is 2.73. The fourth-order valence-corrected chi connectivity index (χ4v) is 4.53. The summed E-state index contributed by atoms with van der Waals surface area (Å²) in [6, 6.07) is 17.9. The molecule has 0 saturated heterocycles. The second-order valence-electron chi connectivity index (χ2n) is 7.94. The van der Waals surface area contributed by atoms with Crippen LogP contribution in [0, 0.1) is 5.92 Å². The first-order valence-electron chi connectivity index (χ1n) is 10.7. The summed E-state index contributed by atoms with van der Waals surface area (Å²) in [6.45, 7) is 4.59. The van der Waals surface area contributed by atoms with Crippen LogP contribution in [-0.2, 0) is 12.8 Å². The molecule has 0 radical (unpaired) electrons. The standard InChI is InChI=1S/C27H29N/c1-3-9-21(10-4-2)19-22-15-17-25(18-16-22)28-26-13-7-5-11-23(26)20-24-12-6-8-14-27(24)28/h5,7,11-18,21H,3-4,9-10,19-20H2,1-2H3. The number of nitrogens with zero attached hydrogens (tertiary/aromatic N) is 1. The Morgan fingerprint density at radius 1 is 0.893 bits per heavy atom. The SMILES string of the molecule is CCCC(CCC)Cc1ccc(N2C3=C(C=C=C=C3)Cc3ccccc32)cc1. The molecular weight excluding hydrogens is 338 g/mol. The number of anilines is 2. The van der Waals surface area contributed by atoms with Gasteiger partial charge in [0.25, 0.3) is 0 Å². The molecule has 1 heteroatoms. The van der Waals surface area contributed by atoms with E-state index in [0.29, 0.717) is 0 Å². The van der Waals surface area contributed by atoms with Crippen molar-refractivity contribution in [3.8, 4) is 0 Å². The summed E-state index contributed by atoms with van der Waals surface area (Å²) in [4.78, 5) is 2.37. The zero-order chi connectivity index (χ0) is 19.3. The normalized spacial score (nSPS) is 14.6. The van der Waals surface area contributed by atoms with Gasteiger partial charge in [0.05, 0.1) is 5.70 Å². The molecule has 142 valence electrons. The van der Waals surface area contributed by atoms with Crippen LogP contribution < -0.4 is 4.90 Å². The molecule has 0 spiro atoms. The van der Waals surface area contributed by atoms with Crippen molar-refractivity contribution in [1.29, 1.82) is 0 Å². The average molecular weight is 368 g/mol. The molecule has 0 bridgehead atoms. The van der Waals surface area contributed by atoms with Crippen LogP contribution in [0.15, 0.2) is 83.4 Å². The summed E-state index contributed by atoms with van der Waals surface area (Å²) in [6.07, 6.45) is 11.5. The number of benzene rings is 2. The molecule has 0 saturated carbocycles. The Hall–Kier alpha value is -2.72. The summed E-state index contributed by atoms with van der Waals surface area (Å²) in [5.41, 5.74) is 14.1. The predicted molar refractivity (Wildman–Crippen MR) is 119 cm³/mol. The predicted octanol–water partition coefficient (Wildman–Crippen LogP) is 7.27. The Labute approximate surface area is 169 Å². The number of para-hydroxylation sites is 1. The van der Waals surface area contributed by atoms with Gasteiger partial charge in [-0.25, -0.2) is 0 Å². The van der Waals surface area contributed by atoms with E-state index in [0.717, 1.165) is 12.3 Å². The van der Waals surface area contributed by atoms with E-state index in [2.05, 4.69) is 90.9 Å². The van der Waals surface area contributed by atoms with Gasteiger partial charge in [0.1, 0.15) is 0 Å². The van der Waals surface area contributed by atoms with Gasteiger partial charge in [-0.3, -0.25) is 0 Å². The molecule has 2 aliphatic rings. The molecule has 1 aliphatic heterocycles. The van der Waals surface area contributed by atoms with Crippen LogP contribution >= 0.6 is 0 Å². The van der Waals surface area contributed by atoms with Gasteiger partial charge in [-0.2, -0.15) is 0 Å². The molecule has 0 N–H and O–H groups in total. The van der Waals surface area contributed by atoms with Crippen LogP contribution in [-0.4, -0.2) is 0 Å². The number of hydrogen-bond acceptors (Lipinski definition) is 1. The molecule has 1 aliphatic carbocycles. The molecule has 1 heterocycles. The van der Waals surface area contributed by atoms with Gasteiger partial charge in [0.2, 0.25) is 0 Å². The second kappa shape index (κ2) is 8.53. The van der Waals surface area contributed by atoms with E-state index >= 15 is 0 Å². The number of hydrogen-bond donors (Lipinski definition) is 0. The van der Waals surface area contributed by atoms with Crippen LogP contribution in [0.1, 0.15) is 50.7 Å². The molecule has 0 atom stereocenters. The molecular formula is C27H29N. The number of fused-ring (bicyclic) bond motifs is 1. The minimum atomic E-state index is 0.808. The molecule has 1 nitrogen and oxygen atoms in total. The maximum absolute atomic E-state index is 3.15. The highest BCUT2D eigenvalue weighted by atomic mass is 15.2. The minimum absolute atomic E-state index is 0.808. The smallest absolute Gasteiger partial charge is 0.0587 e. The Bertz CT molecular complexity index is 958. The Balaban J connectivity index is 1.64. The third-order valence-electron chi connectivity index (χ3n) is 5.83. The molecule has 4 rings (SSSR count). The van der Waals surface area contributed by atoms with Crippen molar-refractivity contribution in [2.45, 2.75) is 52.4 Å². The third kappa shape index (κ3) is 3.78. The summed E-state index contributed by atoms with van der Waals surface area (Å²) in [5.74, 6) is 0.808. The van der Waals surface area contributed by atoms with Crippen molar-refractivity contribution in [3.63, 3.8) is 0 Å². The van der Waals surface area contributed by atoms with Crippen LogP contribution in [0.25, 0.3) is 0 Å². The highest BCUT2D eigenvalue weighted by molar-refractivity contribution is 5.77. The summed E-state index contributed by atoms with van der Waals surface area (Å²) in [5, 5.41) is 0. The lowest BCUT2D eigenvalue weighted by molar-refractivity contribution is 0.438. The van der Waals surface area contributed by atoms with Gasteiger partial charge < -0.3 is 4.90 Å². The van der Waals surface area contributed by atoms with E-state index in [-0.39, 0.29) is 0 Å². The number of rotatable bonds is 7. The van der Waals surface area contributed by atoms with Crippen molar-refractivity contribution < 1.29 is 0 Å². The minimum Gasteiger partial charge on any atom is -0.309 e. The first-order valence-corrected chi connectivity index (χ1v) is 10.7. The van der Waals surface area contributed by atoms with Crippen molar-refractivity contribution >= 4 is 11.4 Å². The van der Waals surface area contributed by atoms with Crippen LogP contribution in [0.2, 0.25) is 0 Å². The zero-order valence-electron chi connectivity index (χ0n) is 17.0. The molecule has 28 heavy (non-hydrogen) atoms. The first-order chi connectivity index (χ1) is 13.8. The van der Waals surface area contributed by atoms with Gasteiger partial charge in [0, 0.05) is 23.9 Å². The Kier molecular flexibility index (Phi) is 5.68. The lowest BCUT2D eigenvalue weighted by Gasteiger charge is -2.34. The highest BCUT2D eigenvalue weighted by Gasteiger charge is 2.24. The van der Waals surface area contributed by atoms with Crippen LogP contribution in [0.4, 0.5) is 11.4 Å². The van der Waals surface area contributed by atoms with Crippen molar-refractivity contribution in [2.75, 3.05) is 4.90 Å². The van der Waals surface area contributed by atoms with E-state index < -0.39 is 0 Å².